The summed E-state index contributed by atoms with van der Waals surface area (Å²) in [4.78, 5) is 27.3. The number of ether oxygens (including phenoxy) is 1. The highest BCUT2D eigenvalue weighted by molar-refractivity contribution is 6.30. The number of phenols is 1. The van der Waals surface area contributed by atoms with Crippen molar-refractivity contribution in [3.8, 4) is 11.8 Å². The first-order valence-electron chi connectivity index (χ1n) is 10.5. The first-order valence-corrected chi connectivity index (χ1v) is 10.9. The van der Waals surface area contributed by atoms with Crippen LogP contribution in [0.25, 0.3) is 0 Å². The van der Waals surface area contributed by atoms with Crippen molar-refractivity contribution in [2.75, 3.05) is 35.7 Å². The van der Waals surface area contributed by atoms with Crippen molar-refractivity contribution in [2.45, 2.75) is 18.5 Å². The van der Waals surface area contributed by atoms with Crippen molar-refractivity contribution < 1.29 is 14.6 Å². The third-order valence-corrected chi connectivity index (χ3v) is 5.44. The molecule has 0 spiro atoms. The molecule has 1 aromatic heterocycles. The number of nitrogens with two attached hydrogens (primary N) is 2. The van der Waals surface area contributed by atoms with Gasteiger partial charge >= 0.3 is 6.01 Å². The molecule has 0 bridgehead atoms. The molecule has 0 radical (unpaired) electrons. The molecule has 1 aliphatic rings. The molecule has 12 heteroatoms. The highest BCUT2D eigenvalue weighted by Gasteiger charge is 2.25. The summed E-state index contributed by atoms with van der Waals surface area (Å²) < 4.78 is 5.22. The van der Waals surface area contributed by atoms with Gasteiger partial charge in [0.15, 0.2) is 0 Å². The van der Waals surface area contributed by atoms with E-state index in [0.717, 1.165) is 6.42 Å². The van der Waals surface area contributed by atoms with Gasteiger partial charge in [0, 0.05) is 47.5 Å². The van der Waals surface area contributed by atoms with Gasteiger partial charge in [-0.05, 0) is 42.8 Å². The second-order valence-electron chi connectivity index (χ2n) is 7.92. The maximum absolute atomic E-state index is 12.4. The van der Waals surface area contributed by atoms with Crippen LogP contribution in [0, 0.1) is 0 Å². The van der Waals surface area contributed by atoms with Crippen LogP contribution in [0.15, 0.2) is 42.5 Å². The normalized spacial score (nSPS) is 17.8. The van der Waals surface area contributed by atoms with E-state index in [4.69, 9.17) is 27.8 Å². The summed E-state index contributed by atoms with van der Waals surface area (Å²) >= 11 is 5.86. The van der Waals surface area contributed by atoms with Gasteiger partial charge in [0.2, 0.25) is 11.9 Å². The van der Waals surface area contributed by atoms with E-state index in [2.05, 4.69) is 25.6 Å². The molecule has 0 saturated carbocycles. The van der Waals surface area contributed by atoms with Crippen LogP contribution in [-0.2, 0) is 0 Å². The van der Waals surface area contributed by atoms with E-state index in [0.29, 0.717) is 35.3 Å². The van der Waals surface area contributed by atoms with Crippen molar-refractivity contribution in [1.29, 1.82) is 0 Å². The molecule has 1 fully saturated rings. The number of rotatable bonds is 6. The van der Waals surface area contributed by atoms with E-state index in [9.17, 15) is 9.90 Å². The number of nitrogens with one attached hydrogen (secondary N) is 2. The quantitative estimate of drug-likeness (QED) is 0.327. The number of aromatic nitrogens is 3. The maximum Gasteiger partial charge on any atom is 0.322 e. The lowest BCUT2D eigenvalue weighted by molar-refractivity contribution is 0.102. The average molecular weight is 485 g/mol. The summed E-state index contributed by atoms with van der Waals surface area (Å²) in [5.74, 6) is 0.0851. The second kappa shape index (κ2) is 10.1. The average Bonchev–Trinajstić information content (AvgIpc) is 2.80. The minimum Gasteiger partial charge on any atom is -0.506 e. The number of piperidine rings is 1. The Morgan fingerprint density at radius 3 is 2.47 bits per heavy atom. The third-order valence-electron chi connectivity index (χ3n) is 5.19. The summed E-state index contributed by atoms with van der Waals surface area (Å²) in [5.41, 5.74) is 13.3. The third kappa shape index (κ3) is 5.63. The summed E-state index contributed by atoms with van der Waals surface area (Å²) in [7, 11) is 1.46. The Hall–Kier alpha value is -3.67. The zero-order valence-corrected chi connectivity index (χ0v) is 19.2. The minimum absolute atomic E-state index is 0.0875. The lowest BCUT2D eigenvalue weighted by Crippen LogP contribution is -2.52. The van der Waals surface area contributed by atoms with Crippen LogP contribution < -0.4 is 31.7 Å². The fourth-order valence-corrected chi connectivity index (χ4v) is 3.74. The van der Waals surface area contributed by atoms with Gasteiger partial charge in [0.05, 0.1) is 12.8 Å². The number of phenolic OH excluding ortho intramolecular Hbond substituents is 1. The Labute approximate surface area is 201 Å². The number of benzene rings is 2. The van der Waals surface area contributed by atoms with Crippen LogP contribution >= 0.6 is 11.6 Å². The van der Waals surface area contributed by atoms with Crippen LogP contribution in [0.2, 0.25) is 5.02 Å². The van der Waals surface area contributed by atoms with Crippen LogP contribution in [0.5, 0.6) is 11.8 Å². The number of nitrogens with zero attached hydrogens (tertiary/aromatic N) is 4. The first-order chi connectivity index (χ1) is 16.3. The van der Waals surface area contributed by atoms with E-state index in [-0.39, 0.29) is 41.4 Å². The van der Waals surface area contributed by atoms with Gasteiger partial charge in [-0.2, -0.15) is 15.0 Å². The Morgan fingerprint density at radius 2 is 1.82 bits per heavy atom. The monoisotopic (exact) mass is 484 g/mol. The molecule has 34 heavy (non-hydrogen) atoms. The highest BCUT2D eigenvalue weighted by atomic mass is 35.5. The van der Waals surface area contributed by atoms with Crippen molar-refractivity contribution in [3.05, 3.63) is 53.1 Å². The number of halogens is 1. The van der Waals surface area contributed by atoms with Gasteiger partial charge in [-0.3, -0.25) is 4.79 Å². The highest BCUT2D eigenvalue weighted by Crippen LogP contribution is 2.29. The number of hydrogen-bond donors (Lipinski definition) is 5. The van der Waals surface area contributed by atoms with Gasteiger partial charge < -0.3 is 36.8 Å². The summed E-state index contributed by atoms with van der Waals surface area (Å²) in [6.45, 7) is 1.12. The van der Waals surface area contributed by atoms with Crippen LogP contribution in [0.1, 0.15) is 16.8 Å². The Balaban J connectivity index is 1.50. The predicted octanol–water partition coefficient (Wildman–Crippen LogP) is 2.10. The second-order valence-corrected chi connectivity index (χ2v) is 8.36. The molecule has 2 heterocycles. The molecule has 1 saturated heterocycles. The van der Waals surface area contributed by atoms with Crippen molar-refractivity contribution >= 4 is 40.8 Å². The van der Waals surface area contributed by atoms with Crippen LogP contribution in [-0.4, -0.2) is 58.2 Å². The van der Waals surface area contributed by atoms with E-state index in [1.54, 1.807) is 36.4 Å². The smallest absolute Gasteiger partial charge is 0.322 e. The lowest BCUT2D eigenvalue weighted by Gasteiger charge is -2.34. The molecular formula is C22H25ClN8O3. The number of amides is 1. The molecule has 7 N–H and O–H groups in total. The van der Waals surface area contributed by atoms with Crippen LogP contribution in [0.4, 0.5) is 23.3 Å². The standard InChI is InChI=1S/C22H25ClN8O3/c1-34-22-29-20(28-21(30-22)31-10-14(24)8-15(25)11-31)26-16-6-7-17(18(32)9-16)27-19(33)12-2-4-13(23)5-3-12/h2-7,9,14-15,32H,8,10-11,24-25H2,1H3,(H,27,33)(H,26,28,29,30)/t14-,15+. The molecule has 2 atom stereocenters. The summed E-state index contributed by atoms with van der Waals surface area (Å²) in [6.07, 6.45) is 0.726. The van der Waals surface area contributed by atoms with Crippen LogP contribution in [0.3, 0.4) is 0 Å². The maximum atomic E-state index is 12.4. The molecule has 2 aromatic carbocycles. The predicted molar refractivity (Wildman–Crippen MR) is 130 cm³/mol. The first kappa shape index (κ1) is 23.5. The van der Waals surface area contributed by atoms with Crippen molar-refractivity contribution in [1.82, 2.24) is 15.0 Å². The zero-order chi connectivity index (χ0) is 24.2. The minimum atomic E-state index is -0.377. The molecule has 0 unspecified atom stereocenters. The zero-order valence-electron chi connectivity index (χ0n) is 18.4. The van der Waals surface area contributed by atoms with Crippen molar-refractivity contribution in [2.24, 2.45) is 11.5 Å². The molecule has 3 aromatic rings. The van der Waals surface area contributed by atoms with E-state index in [1.807, 2.05) is 4.90 Å². The lowest BCUT2D eigenvalue weighted by atomic mass is 10.0. The SMILES string of the molecule is COc1nc(Nc2ccc(NC(=O)c3ccc(Cl)cc3)c(O)c2)nc(N2C[C@H](N)C[C@H](N)C2)n1. The van der Waals surface area contributed by atoms with Crippen molar-refractivity contribution in [3.63, 3.8) is 0 Å². The van der Waals surface area contributed by atoms with Gasteiger partial charge in [0.1, 0.15) is 5.75 Å². The molecular weight excluding hydrogens is 460 g/mol. The number of methoxy groups -OCH3 is 1. The Morgan fingerprint density at radius 1 is 1.12 bits per heavy atom. The van der Waals surface area contributed by atoms with E-state index >= 15 is 0 Å². The number of carbonyl (C=O) groups excluding carboxylic acids is 1. The molecule has 11 nitrogen and oxygen atoms in total. The Kier molecular flexibility index (Phi) is 6.96. The topological polar surface area (TPSA) is 165 Å². The fraction of sp³-hybridized carbons (Fsp3) is 0.273. The molecule has 178 valence electrons. The van der Waals surface area contributed by atoms with E-state index < -0.39 is 0 Å². The summed E-state index contributed by atoms with van der Waals surface area (Å²) in [6, 6.07) is 11.0. The largest absolute Gasteiger partial charge is 0.506 e. The van der Waals surface area contributed by atoms with Gasteiger partial charge in [0.25, 0.3) is 5.91 Å². The number of anilines is 4. The fourth-order valence-electron chi connectivity index (χ4n) is 3.62. The summed E-state index contributed by atoms with van der Waals surface area (Å²) in [5, 5.41) is 16.6. The molecule has 1 aliphatic heterocycles. The van der Waals surface area contributed by atoms with Gasteiger partial charge in [-0.25, -0.2) is 0 Å². The molecule has 0 aliphatic carbocycles. The number of hydrogen-bond acceptors (Lipinski definition) is 10. The van der Waals surface area contributed by atoms with Gasteiger partial charge in [-0.15, -0.1) is 0 Å². The number of aromatic hydroxyl groups is 1. The molecule has 4 rings (SSSR count). The van der Waals surface area contributed by atoms with Gasteiger partial charge in [-0.1, -0.05) is 11.6 Å². The Bertz CT molecular complexity index is 1170. The van der Waals surface area contributed by atoms with E-state index in [1.165, 1.54) is 13.2 Å². The molecule has 1 amide bonds. The number of carbonyl (C=O) groups is 1.